The maximum atomic E-state index is 12.5. The van der Waals surface area contributed by atoms with Gasteiger partial charge in [0, 0.05) is 18.5 Å². The van der Waals surface area contributed by atoms with Crippen molar-refractivity contribution in [1.82, 2.24) is 10.1 Å². The number of amides is 1. The van der Waals surface area contributed by atoms with Gasteiger partial charge in [-0.1, -0.05) is 35.0 Å². The SMILES string of the molecule is COc1cccc(-c2noc(C3CC(=O)N(c4ccc(C)cc4Cl)C3)n2)c1. The largest absolute Gasteiger partial charge is 0.497 e. The molecule has 1 atom stereocenters. The van der Waals surface area contributed by atoms with Crippen LogP contribution < -0.4 is 9.64 Å². The molecule has 1 amide bonds. The third-order valence-corrected chi connectivity index (χ3v) is 4.94. The summed E-state index contributed by atoms with van der Waals surface area (Å²) in [7, 11) is 1.61. The number of aryl methyl sites for hydroxylation is 1. The quantitative estimate of drug-likeness (QED) is 0.674. The third-order valence-electron chi connectivity index (χ3n) is 4.64. The van der Waals surface area contributed by atoms with Crippen molar-refractivity contribution in [2.75, 3.05) is 18.6 Å². The van der Waals surface area contributed by atoms with Crippen molar-refractivity contribution < 1.29 is 14.1 Å². The molecule has 1 fully saturated rings. The molecule has 2 heterocycles. The summed E-state index contributed by atoms with van der Waals surface area (Å²) in [5.41, 5.74) is 2.56. The fraction of sp³-hybridized carbons (Fsp3) is 0.250. The van der Waals surface area contributed by atoms with Crippen LogP contribution in [-0.2, 0) is 4.79 Å². The van der Waals surface area contributed by atoms with Gasteiger partial charge in [0.2, 0.25) is 17.6 Å². The first-order valence-corrected chi connectivity index (χ1v) is 8.97. The Balaban J connectivity index is 1.57. The minimum Gasteiger partial charge on any atom is -0.497 e. The summed E-state index contributed by atoms with van der Waals surface area (Å²) in [5.74, 6) is 1.47. The highest BCUT2D eigenvalue weighted by atomic mass is 35.5. The number of carbonyl (C=O) groups excluding carboxylic acids is 1. The lowest BCUT2D eigenvalue weighted by molar-refractivity contribution is -0.117. The number of hydrogen-bond donors (Lipinski definition) is 0. The van der Waals surface area contributed by atoms with Crippen molar-refractivity contribution in [3.8, 4) is 17.1 Å². The number of methoxy groups -OCH3 is 1. The molecule has 138 valence electrons. The van der Waals surface area contributed by atoms with E-state index in [2.05, 4.69) is 10.1 Å². The average Bonchev–Trinajstić information content (AvgIpc) is 3.29. The van der Waals surface area contributed by atoms with Gasteiger partial charge in [0.05, 0.1) is 23.7 Å². The van der Waals surface area contributed by atoms with Gasteiger partial charge in [-0.25, -0.2) is 0 Å². The maximum absolute atomic E-state index is 12.5. The molecule has 0 N–H and O–H groups in total. The Kier molecular flexibility index (Phi) is 4.58. The van der Waals surface area contributed by atoms with Crippen molar-refractivity contribution in [2.24, 2.45) is 0 Å². The number of carbonyl (C=O) groups is 1. The minimum absolute atomic E-state index is 0.00752. The van der Waals surface area contributed by atoms with Gasteiger partial charge < -0.3 is 14.2 Å². The molecule has 1 aromatic heterocycles. The van der Waals surface area contributed by atoms with Gasteiger partial charge in [0.1, 0.15) is 5.75 Å². The molecule has 1 saturated heterocycles. The Hall–Kier alpha value is -2.86. The maximum Gasteiger partial charge on any atom is 0.232 e. The Labute approximate surface area is 161 Å². The number of ether oxygens (including phenoxy) is 1. The summed E-state index contributed by atoms with van der Waals surface area (Å²) in [6.45, 7) is 2.42. The number of nitrogens with zero attached hydrogens (tertiary/aromatic N) is 3. The minimum atomic E-state index is -0.165. The smallest absolute Gasteiger partial charge is 0.232 e. The highest BCUT2D eigenvalue weighted by molar-refractivity contribution is 6.34. The van der Waals surface area contributed by atoms with Crippen LogP contribution >= 0.6 is 11.6 Å². The van der Waals surface area contributed by atoms with Gasteiger partial charge in [-0.05, 0) is 36.8 Å². The number of anilines is 1. The second kappa shape index (κ2) is 7.04. The Morgan fingerprint density at radius 1 is 1.26 bits per heavy atom. The predicted molar refractivity (Wildman–Crippen MR) is 102 cm³/mol. The van der Waals surface area contributed by atoms with Crippen molar-refractivity contribution in [2.45, 2.75) is 19.3 Å². The zero-order chi connectivity index (χ0) is 19.0. The molecule has 0 spiro atoms. The first-order chi connectivity index (χ1) is 13.0. The van der Waals surface area contributed by atoms with Gasteiger partial charge >= 0.3 is 0 Å². The highest BCUT2D eigenvalue weighted by Crippen LogP contribution is 2.35. The second-order valence-corrected chi connectivity index (χ2v) is 6.96. The van der Waals surface area contributed by atoms with E-state index in [0.717, 1.165) is 16.9 Å². The standard InChI is InChI=1S/C20H18ClN3O3/c1-12-6-7-17(16(21)8-12)24-11-14(10-18(24)25)20-22-19(23-27-20)13-4-3-5-15(9-13)26-2/h3-9,14H,10-11H2,1-2H3. The van der Waals surface area contributed by atoms with Crippen LogP contribution in [0.3, 0.4) is 0 Å². The lowest BCUT2D eigenvalue weighted by Gasteiger charge is -2.18. The molecule has 1 aliphatic heterocycles. The Morgan fingerprint density at radius 3 is 2.89 bits per heavy atom. The molecule has 0 aliphatic carbocycles. The van der Waals surface area contributed by atoms with E-state index in [1.165, 1.54) is 0 Å². The Morgan fingerprint density at radius 2 is 2.11 bits per heavy atom. The first-order valence-electron chi connectivity index (χ1n) is 8.59. The number of aromatic nitrogens is 2. The number of hydrogen-bond acceptors (Lipinski definition) is 5. The normalized spacial score (nSPS) is 16.8. The van der Waals surface area contributed by atoms with Crippen LogP contribution in [0.2, 0.25) is 5.02 Å². The predicted octanol–water partition coefficient (Wildman–Crippen LogP) is 4.23. The summed E-state index contributed by atoms with van der Waals surface area (Å²) < 4.78 is 10.7. The van der Waals surface area contributed by atoms with Crippen molar-refractivity contribution in [3.63, 3.8) is 0 Å². The average molecular weight is 384 g/mol. The van der Waals surface area contributed by atoms with E-state index in [4.69, 9.17) is 20.9 Å². The van der Waals surface area contributed by atoms with Gasteiger partial charge in [-0.3, -0.25) is 4.79 Å². The van der Waals surface area contributed by atoms with E-state index in [1.807, 2.05) is 49.4 Å². The zero-order valence-corrected chi connectivity index (χ0v) is 15.7. The number of benzene rings is 2. The number of halogens is 1. The molecule has 1 unspecified atom stereocenters. The van der Waals surface area contributed by atoms with Crippen LogP contribution in [0.15, 0.2) is 47.0 Å². The molecule has 1 aliphatic rings. The molecule has 0 saturated carbocycles. The van der Waals surface area contributed by atoms with Gasteiger partial charge in [0.25, 0.3) is 0 Å². The van der Waals surface area contributed by atoms with Crippen molar-refractivity contribution >= 4 is 23.2 Å². The van der Waals surface area contributed by atoms with Crippen molar-refractivity contribution in [1.29, 1.82) is 0 Å². The summed E-state index contributed by atoms with van der Waals surface area (Å²) >= 11 is 6.32. The monoisotopic (exact) mass is 383 g/mol. The zero-order valence-electron chi connectivity index (χ0n) is 15.0. The summed E-state index contributed by atoms with van der Waals surface area (Å²) in [6, 6.07) is 13.1. The van der Waals surface area contributed by atoms with E-state index in [-0.39, 0.29) is 11.8 Å². The fourth-order valence-electron chi connectivity index (χ4n) is 3.22. The van der Waals surface area contributed by atoms with Crippen LogP contribution in [0.25, 0.3) is 11.4 Å². The summed E-state index contributed by atoms with van der Waals surface area (Å²) in [4.78, 5) is 18.7. The van der Waals surface area contributed by atoms with E-state index < -0.39 is 0 Å². The van der Waals surface area contributed by atoms with E-state index in [9.17, 15) is 4.79 Å². The number of rotatable bonds is 4. The molecular weight excluding hydrogens is 366 g/mol. The molecular formula is C20H18ClN3O3. The molecule has 3 aromatic rings. The van der Waals surface area contributed by atoms with Crippen LogP contribution in [0.4, 0.5) is 5.69 Å². The lowest BCUT2D eigenvalue weighted by atomic mass is 10.1. The summed E-state index contributed by atoms with van der Waals surface area (Å²) in [6.07, 6.45) is 0.309. The van der Waals surface area contributed by atoms with E-state index >= 15 is 0 Å². The molecule has 27 heavy (non-hydrogen) atoms. The van der Waals surface area contributed by atoms with Crippen LogP contribution in [-0.4, -0.2) is 29.7 Å². The molecule has 7 heteroatoms. The molecule has 4 rings (SSSR count). The van der Waals surface area contributed by atoms with Crippen LogP contribution in [0, 0.1) is 6.92 Å². The molecule has 0 bridgehead atoms. The highest BCUT2D eigenvalue weighted by Gasteiger charge is 2.36. The Bertz CT molecular complexity index is 1000. The third kappa shape index (κ3) is 3.40. The molecule has 2 aromatic carbocycles. The molecule has 0 radical (unpaired) electrons. The van der Waals surface area contributed by atoms with Gasteiger partial charge in [0.15, 0.2) is 0 Å². The van der Waals surface area contributed by atoms with Crippen LogP contribution in [0.1, 0.15) is 23.8 Å². The van der Waals surface area contributed by atoms with Crippen LogP contribution in [0.5, 0.6) is 5.75 Å². The van der Waals surface area contributed by atoms with Gasteiger partial charge in [-0.15, -0.1) is 0 Å². The topological polar surface area (TPSA) is 68.5 Å². The van der Waals surface area contributed by atoms with E-state index in [1.54, 1.807) is 12.0 Å². The summed E-state index contributed by atoms with van der Waals surface area (Å²) in [5, 5.41) is 4.62. The lowest BCUT2D eigenvalue weighted by Crippen LogP contribution is -2.24. The van der Waals surface area contributed by atoms with E-state index in [0.29, 0.717) is 35.4 Å². The molecule has 6 nitrogen and oxygen atoms in total. The fourth-order valence-corrected chi connectivity index (χ4v) is 3.55. The van der Waals surface area contributed by atoms with Crippen molar-refractivity contribution in [3.05, 3.63) is 58.9 Å². The first kappa shape index (κ1) is 17.5. The second-order valence-electron chi connectivity index (χ2n) is 6.55. The van der Waals surface area contributed by atoms with Gasteiger partial charge in [-0.2, -0.15) is 4.98 Å².